The SMILES string of the molecule is O=C(O)c1ccccc1.c1cncc(Cn2ccnc2-c2ncc[nH]2)c1. The van der Waals surface area contributed by atoms with Gasteiger partial charge in [0.05, 0.1) is 12.1 Å². The maximum absolute atomic E-state index is 10.2. The Morgan fingerprint density at radius 1 is 1.04 bits per heavy atom. The summed E-state index contributed by atoms with van der Waals surface area (Å²) in [4.78, 5) is 25.9. The summed E-state index contributed by atoms with van der Waals surface area (Å²) in [7, 11) is 0. The van der Waals surface area contributed by atoms with Gasteiger partial charge < -0.3 is 14.7 Å². The lowest BCUT2D eigenvalue weighted by atomic mass is 10.2. The monoisotopic (exact) mass is 347 g/mol. The average molecular weight is 347 g/mol. The molecule has 0 spiro atoms. The second-order valence-corrected chi connectivity index (χ2v) is 5.35. The second-order valence-electron chi connectivity index (χ2n) is 5.35. The van der Waals surface area contributed by atoms with Gasteiger partial charge in [-0.3, -0.25) is 4.98 Å². The highest BCUT2D eigenvalue weighted by Crippen LogP contribution is 2.13. The molecular formula is C19H17N5O2. The molecule has 3 heterocycles. The number of aromatic carboxylic acids is 1. The summed E-state index contributed by atoms with van der Waals surface area (Å²) < 4.78 is 2.04. The van der Waals surface area contributed by atoms with E-state index < -0.39 is 5.97 Å². The highest BCUT2D eigenvalue weighted by molar-refractivity contribution is 5.87. The fourth-order valence-corrected chi connectivity index (χ4v) is 2.31. The summed E-state index contributed by atoms with van der Waals surface area (Å²) >= 11 is 0. The van der Waals surface area contributed by atoms with E-state index in [0.717, 1.165) is 23.8 Å². The molecule has 26 heavy (non-hydrogen) atoms. The molecule has 0 aliphatic rings. The van der Waals surface area contributed by atoms with E-state index in [0.29, 0.717) is 5.56 Å². The van der Waals surface area contributed by atoms with Crippen molar-refractivity contribution in [1.29, 1.82) is 0 Å². The Kier molecular flexibility index (Phi) is 5.51. The van der Waals surface area contributed by atoms with Gasteiger partial charge in [-0.1, -0.05) is 24.3 Å². The molecule has 7 nitrogen and oxygen atoms in total. The van der Waals surface area contributed by atoms with Crippen molar-refractivity contribution >= 4 is 5.97 Å². The molecular weight excluding hydrogens is 330 g/mol. The number of imidazole rings is 2. The maximum Gasteiger partial charge on any atom is 0.335 e. The normalized spacial score (nSPS) is 10.0. The number of carbonyl (C=O) groups is 1. The first-order chi connectivity index (χ1) is 12.7. The lowest BCUT2D eigenvalue weighted by Gasteiger charge is -2.05. The van der Waals surface area contributed by atoms with Crippen LogP contribution in [0, 0.1) is 0 Å². The minimum Gasteiger partial charge on any atom is -0.478 e. The summed E-state index contributed by atoms with van der Waals surface area (Å²) in [6.07, 6.45) is 10.8. The third kappa shape index (κ3) is 4.41. The first-order valence-corrected chi connectivity index (χ1v) is 7.92. The van der Waals surface area contributed by atoms with Crippen molar-refractivity contribution in [2.24, 2.45) is 0 Å². The van der Waals surface area contributed by atoms with Crippen molar-refractivity contribution in [3.63, 3.8) is 0 Å². The van der Waals surface area contributed by atoms with Crippen molar-refractivity contribution in [3.05, 3.63) is 90.8 Å². The van der Waals surface area contributed by atoms with Gasteiger partial charge in [0.15, 0.2) is 11.6 Å². The number of nitrogens with zero attached hydrogens (tertiary/aromatic N) is 4. The zero-order valence-corrected chi connectivity index (χ0v) is 13.9. The number of pyridine rings is 1. The molecule has 130 valence electrons. The molecule has 0 saturated heterocycles. The summed E-state index contributed by atoms with van der Waals surface area (Å²) in [5.74, 6) is 0.730. The maximum atomic E-state index is 10.2. The number of hydrogen-bond donors (Lipinski definition) is 2. The summed E-state index contributed by atoms with van der Waals surface area (Å²) in [5.41, 5.74) is 1.47. The number of aromatic amines is 1. The van der Waals surface area contributed by atoms with Crippen LogP contribution in [0.4, 0.5) is 0 Å². The molecule has 0 amide bonds. The fraction of sp³-hybridized carbons (Fsp3) is 0.0526. The van der Waals surface area contributed by atoms with Gasteiger partial charge >= 0.3 is 5.97 Å². The van der Waals surface area contributed by atoms with Crippen molar-refractivity contribution in [2.45, 2.75) is 6.54 Å². The zero-order valence-electron chi connectivity index (χ0n) is 13.9. The van der Waals surface area contributed by atoms with E-state index in [2.05, 4.69) is 19.9 Å². The Labute approximate surface area is 150 Å². The van der Waals surface area contributed by atoms with Gasteiger partial charge in [0.1, 0.15) is 0 Å². The van der Waals surface area contributed by atoms with E-state index >= 15 is 0 Å². The molecule has 3 aromatic heterocycles. The quantitative estimate of drug-likeness (QED) is 0.591. The van der Waals surface area contributed by atoms with Gasteiger partial charge in [-0.15, -0.1) is 0 Å². The Bertz CT molecular complexity index is 935. The molecule has 0 atom stereocenters. The minimum atomic E-state index is -0.879. The third-order valence-corrected chi connectivity index (χ3v) is 3.52. The number of H-pyrrole nitrogens is 1. The molecule has 0 unspecified atom stereocenters. The van der Waals surface area contributed by atoms with E-state index in [1.165, 1.54) is 0 Å². The van der Waals surface area contributed by atoms with E-state index in [-0.39, 0.29) is 0 Å². The number of nitrogens with one attached hydrogen (secondary N) is 1. The van der Waals surface area contributed by atoms with Gasteiger partial charge in [0, 0.05) is 37.2 Å². The standard InChI is InChI=1S/C12H11N5.C7H6O2/c1-2-10(8-13-3-1)9-17-7-6-16-12(17)11-14-4-5-15-11;8-7(9)6-4-2-1-3-5-6/h1-8H,9H2,(H,14,15);1-5H,(H,8,9). The van der Waals surface area contributed by atoms with Gasteiger partial charge in [-0.2, -0.15) is 0 Å². The van der Waals surface area contributed by atoms with Crippen molar-refractivity contribution in [1.82, 2.24) is 24.5 Å². The molecule has 0 bridgehead atoms. The predicted molar refractivity (Wildman–Crippen MR) is 96.5 cm³/mol. The summed E-state index contributed by atoms with van der Waals surface area (Å²) in [5, 5.41) is 8.38. The number of aromatic nitrogens is 5. The Morgan fingerprint density at radius 2 is 1.88 bits per heavy atom. The molecule has 2 N–H and O–H groups in total. The summed E-state index contributed by atoms with van der Waals surface area (Å²) in [6.45, 7) is 0.740. The number of carboxylic acids is 1. The molecule has 7 heteroatoms. The molecule has 4 aromatic rings. The number of benzene rings is 1. The van der Waals surface area contributed by atoms with E-state index in [4.69, 9.17) is 5.11 Å². The van der Waals surface area contributed by atoms with Crippen LogP contribution in [0.5, 0.6) is 0 Å². The molecule has 0 aliphatic carbocycles. The van der Waals surface area contributed by atoms with Gasteiger partial charge in [-0.05, 0) is 23.8 Å². The number of hydrogen-bond acceptors (Lipinski definition) is 4. The van der Waals surface area contributed by atoms with Crippen molar-refractivity contribution in [3.8, 4) is 11.6 Å². The van der Waals surface area contributed by atoms with E-state index in [9.17, 15) is 4.79 Å². The topological polar surface area (TPSA) is 96.7 Å². The van der Waals surface area contributed by atoms with E-state index in [1.54, 1.807) is 55.1 Å². The van der Waals surface area contributed by atoms with Crippen LogP contribution in [0.1, 0.15) is 15.9 Å². The van der Waals surface area contributed by atoms with Gasteiger partial charge in [0.25, 0.3) is 0 Å². The Hall–Kier alpha value is -3.74. The van der Waals surface area contributed by atoms with Crippen LogP contribution in [0.25, 0.3) is 11.6 Å². The first kappa shape index (κ1) is 17.1. The predicted octanol–water partition coefficient (Wildman–Crippen LogP) is 3.10. The smallest absolute Gasteiger partial charge is 0.335 e. The van der Waals surface area contributed by atoms with Crippen LogP contribution in [-0.4, -0.2) is 35.6 Å². The van der Waals surface area contributed by atoms with Gasteiger partial charge in [0.2, 0.25) is 0 Å². The van der Waals surface area contributed by atoms with Crippen molar-refractivity contribution in [2.75, 3.05) is 0 Å². The highest BCUT2D eigenvalue weighted by Gasteiger charge is 2.07. The zero-order chi connectivity index (χ0) is 18.2. The molecule has 4 rings (SSSR count). The van der Waals surface area contributed by atoms with E-state index in [1.807, 2.05) is 29.1 Å². The van der Waals surface area contributed by atoms with Crippen LogP contribution in [-0.2, 0) is 6.54 Å². The average Bonchev–Trinajstić information content (AvgIpc) is 3.35. The Balaban J connectivity index is 0.000000185. The van der Waals surface area contributed by atoms with Crippen LogP contribution < -0.4 is 0 Å². The summed E-state index contributed by atoms with van der Waals surface area (Å²) in [6, 6.07) is 12.3. The fourth-order valence-electron chi connectivity index (χ4n) is 2.31. The number of rotatable bonds is 4. The largest absolute Gasteiger partial charge is 0.478 e. The third-order valence-electron chi connectivity index (χ3n) is 3.52. The lowest BCUT2D eigenvalue weighted by Crippen LogP contribution is -2.02. The second kappa shape index (κ2) is 8.39. The molecule has 0 radical (unpaired) electrons. The van der Waals surface area contributed by atoms with Gasteiger partial charge in [-0.25, -0.2) is 14.8 Å². The van der Waals surface area contributed by atoms with Crippen LogP contribution in [0.3, 0.4) is 0 Å². The molecule has 0 saturated carbocycles. The van der Waals surface area contributed by atoms with Crippen molar-refractivity contribution < 1.29 is 9.90 Å². The van der Waals surface area contributed by atoms with Crippen LogP contribution in [0.15, 0.2) is 79.6 Å². The molecule has 0 fully saturated rings. The Morgan fingerprint density at radius 3 is 2.50 bits per heavy atom. The minimum absolute atomic E-state index is 0.331. The van der Waals surface area contributed by atoms with Crippen LogP contribution >= 0.6 is 0 Å². The van der Waals surface area contributed by atoms with Crippen LogP contribution in [0.2, 0.25) is 0 Å². The number of carboxylic acid groups (broad SMARTS) is 1. The highest BCUT2D eigenvalue weighted by atomic mass is 16.4. The molecule has 0 aliphatic heterocycles. The lowest BCUT2D eigenvalue weighted by molar-refractivity contribution is 0.0697. The molecule has 1 aromatic carbocycles. The first-order valence-electron chi connectivity index (χ1n) is 7.92.